The summed E-state index contributed by atoms with van der Waals surface area (Å²) in [5, 5.41) is 0.379. The Morgan fingerprint density at radius 3 is 2.79 bits per heavy atom. The molecule has 1 aromatic heterocycles. The fourth-order valence-corrected chi connectivity index (χ4v) is 4.42. The zero-order valence-electron chi connectivity index (χ0n) is 14.3. The fraction of sp³-hybridized carbons (Fsp3) is 0.824. The van der Waals surface area contributed by atoms with Gasteiger partial charge in [0.2, 0.25) is 0 Å². The minimum atomic E-state index is -2.82. The molecule has 0 unspecified atom stereocenters. The van der Waals surface area contributed by atoms with E-state index in [1.807, 2.05) is 0 Å². The molecule has 1 aliphatic carbocycles. The Hall–Kier alpha value is -0.790. The largest absolute Gasteiger partial charge is 0.464 e. The maximum Gasteiger partial charge on any atom is 0.278 e. The number of aromatic nitrogens is 1. The molecule has 1 aromatic rings. The molecule has 1 fully saturated rings. The molecular weight excluding hydrogens is 332 g/mol. The van der Waals surface area contributed by atoms with Gasteiger partial charge in [0.1, 0.15) is 0 Å². The Bertz CT molecular complexity index is 538. The van der Waals surface area contributed by atoms with Crippen LogP contribution in [0.4, 0.5) is 8.78 Å². The van der Waals surface area contributed by atoms with Crippen molar-refractivity contribution in [1.29, 1.82) is 0 Å². The second kappa shape index (κ2) is 7.62. The zero-order chi connectivity index (χ0) is 17.2. The molecule has 0 spiro atoms. The van der Waals surface area contributed by atoms with Gasteiger partial charge in [0.25, 0.3) is 11.1 Å². The van der Waals surface area contributed by atoms with Crippen LogP contribution in [0.5, 0.6) is 5.19 Å². The van der Waals surface area contributed by atoms with E-state index >= 15 is 0 Å². The Morgan fingerprint density at radius 2 is 2.08 bits per heavy atom. The smallest absolute Gasteiger partial charge is 0.278 e. The molecule has 1 saturated carbocycles. The van der Waals surface area contributed by atoms with Crippen LogP contribution in [-0.4, -0.2) is 41.5 Å². The highest BCUT2D eigenvalue weighted by atomic mass is 32.1. The summed E-state index contributed by atoms with van der Waals surface area (Å²) in [4.78, 5) is 8.02. The van der Waals surface area contributed by atoms with Crippen LogP contribution in [0, 0.1) is 5.92 Å². The lowest BCUT2D eigenvalue weighted by Gasteiger charge is -2.30. The molecule has 136 valence electrons. The third kappa shape index (κ3) is 5.10. The van der Waals surface area contributed by atoms with Crippen LogP contribution in [0.2, 0.25) is 0 Å². The van der Waals surface area contributed by atoms with Crippen molar-refractivity contribution in [2.75, 3.05) is 19.7 Å². The maximum absolute atomic E-state index is 12.9. The van der Waals surface area contributed by atoms with Gasteiger partial charge in [-0.3, -0.25) is 4.90 Å². The van der Waals surface area contributed by atoms with Crippen molar-refractivity contribution in [3.63, 3.8) is 0 Å². The SMILES string of the molecule is CC(F)(F)COc1nc2c(s1)CCN(CCC1CCC(N)CC1)C2. The number of hydrogen-bond acceptors (Lipinski definition) is 5. The highest BCUT2D eigenvalue weighted by Crippen LogP contribution is 2.31. The number of fused-ring (bicyclic) bond motifs is 1. The van der Waals surface area contributed by atoms with Crippen molar-refractivity contribution in [3.8, 4) is 5.19 Å². The molecule has 0 saturated heterocycles. The number of ether oxygens (including phenoxy) is 1. The molecule has 7 heteroatoms. The van der Waals surface area contributed by atoms with E-state index in [2.05, 4.69) is 9.88 Å². The first-order valence-electron chi connectivity index (χ1n) is 8.86. The van der Waals surface area contributed by atoms with Crippen LogP contribution in [0.1, 0.15) is 49.6 Å². The molecule has 0 amide bonds. The first kappa shape index (κ1) is 18.0. The standard InChI is InChI=1S/C17H27F2N3OS/c1-17(18,19)11-23-16-21-14-10-22(9-7-15(14)24-16)8-6-12-2-4-13(20)5-3-12/h12-13H,2-11,20H2,1H3. The van der Waals surface area contributed by atoms with E-state index in [1.54, 1.807) is 0 Å². The van der Waals surface area contributed by atoms with E-state index in [-0.39, 0.29) is 0 Å². The molecule has 2 aliphatic rings. The summed E-state index contributed by atoms with van der Waals surface area (Å²) in [5.41, 5.74) is 6.97. The number of nitrogens with zero attached hydrogens (tertiary/aromatic N) is 2. The van der Waals surface area contributed by atoms with Gasteiger partial charge in [-0.2, -0.15) is 0 Å². The van der Waals surface area contributed by atoms with E-state index < -0.39 is 12.5 Å². The van der Waals surface area contributed by atoms with Gasteiger partial charge in [0.15, 0.2) is 6.61 Å². The van der Waals surface area contributed by atoms with Gasteiger partial charge in [0.05, 0.1) is 5.69 Å². The van der Waals surface area contributed by atoms with Gasteiger partial charge in [0, 0.05) is 30.9 Å². The third-order valence-corrected chi connectivity index (χ3v) is 6.05. The maximum atomic E-state index is 12.9. The molecule has 1 aliphatic heterocycles. The highest BCUT2D eigenvalue weighted by molar-refractivity contribution is 7.13. The monoisotopic (exact) mass is 359 g/mol. The minimum absolute atomic E-state index is 0.379. The number of thiazole rings is 1. The van der Waals surface area contributed by atoms with Crippen LogP contribution >= 0.6 is 11.3 Å². The van der Waals surface area contributed by atoms with Crippen molar-refractivity contribution >= 4 is 11.3 Å². The van der Waals surface area contributed by atoms with Gasteiger partial charge >= 0.3 is 0 Å². The molecule has 0 bridgehead atoms. The molecule has 4 nitrogen and oxygen atoms in total. The molecule has 24 heavy (non-hydrogen) atoms. The predicted octanol–water partition coefficient (Wildman–Crippen LogP) is 3.44. The summed E-state index contributed by atoms with van der Waals surface area (Å²) in [6, 6.07) is 0.405. The average molecular weight is 359 g/mol. The molecule has 0 radical (unpaired) electrons. The summed E-state index contributed by atoms with van der Waals surface area (Å²) in [6.07, 6.45) is 6.97. The Morgan fingerprint density at radius 1 is 1.33 bits per heavy atom. The molecule has 0 atom stereocenters. The average Bonchev–Trinajstić information content (AvgIpc) is 2.94. The topological polar surface area (TPSA) is 51.4 Å². The van der Waals surface area contributed by atoms with Gasteiger partial charge < -0.3 is 10.5 Å². The van der Waals surface area contributed by atoms with Crippen molar-refractivity contribution in [2.45, 2.75) is 64.0 Å². The number of halogens is 2. The molecule has 3 rings (SSSR count). The van der Waals surface area contributed by atoms with Gasteiger partial charge in [-0.05, 0) is 51.0 Å². The van der Waals surface area contributed by atoms with Crippen molar-refractivity contribution in [3.05, 3.63) is 10.6 Å². The first-order valence-corrected chi connectivity index (χ1v) is 9.68. The summed E-state index contributed by atoms with van der Waals surface area (Å²) in [5.74, 6) is -2.02. The third-order valence-electron chi connectivity index (χ3n) is 4.98. The molecule has 2 N–H and O–H groups in total. The van der Waals surface area contributed by atoms with Crippen LogP contribution < -0.4 is 10.5 Å². The van der Waals surface area contributed by atoms with Gasteiger partial charge in [-0.1, -0.05) is 11.3 Å². The fourth-order valence-electron chi connectivity index (χ4n) is 3.51. The number of alkyl halides is 2. The van der Waals surface area contributed by atoms with Crippen molar-refractivity contribution in [2.24, 2.45) is 11.7 Å². The van der Waals surface area contributed by atoms with Crippen LogP contribution in [-0.2, 0) is 13.0 Å². The lowest BCUT2D eigenvalue weighted by molar-refractivity contribution is -0.0230. The van der Waals surface area contributed by atoms with Crippen LogP contribution in [0.3, 0.4) is 0 Å². The van der Waals surface area contributed by atoms with Crippen LogP contribution in [0.15, 0.2) is 0 Å². The molecule has 2 heterocycles. The van der Waals surface area contributed by atoms with Gasteiger partial charge in [-0.15, -0.1) is 0 Å². The molecule has 0 aromatic carbocycles. The Kier molecular flexibility index (Phi) is 5.72. The van der Waals surface area contributed by atoms with E-state index in [0.29, 0.717) is 11.2 Å². The number of hydrogen-bond donors (Lipinski definition) is 1. The zero-order valence-corrected chi connectivity index (χ0v) is 15.1. The van der Waals surface area contributed by atoms with Crippen LogP contribution in [0.25, 0.3) is 0 Å². The second-order valence-corrected chi connectivity index (χ2v) is 8.35. The highest BCUT2D eigenvalue weighted by Gasteiger charge is 2.26. The van der Waals surface area contributed by atoms with Crippen molar-refractivity contribution < 1.29 is 13.5 Å². The lowest BCUT2D eigenvalue weighted by Crippen LogP contribution is -2.33. The predicted molar refractivity (Wildman–Crippen MR) is 91.8 cm³/mol. The second-order valence-electron chi connectivity index (χ2n) is 7.30. The van der Waals surface area contributed by atoms with E-state index in [0.717, 1.165) is 57.4 Å². The number of rotatable bonds is 6. The minimum Gasteiger partial charge on any atom is -0.464 e. The normalized spacial score (nSPS) is 25.5. The van der Waals surface area contributed by atoms with E-state index in [9.17, 15) is 8.78 Å². The Balaban J connectivity index is 1.46. The summed E-state index contributed by atoms with van der Waals surface area (Å²) in [7, 11) is 0. The van der Waals surface area contributed by atoms with E-state index in [1.165, 1.54) is 35.5 Å². The summed E-state index contributed by atoms with van der Waals surface area (Å²) < 4.78 is 30.9. The first-order chi connectivity index (χ1) is 11.4. The summed E-state index contributed by atoms with van der Waals surface area (Å²) in [6.45, 7) is 3.17. The Labute approximate surface area is 146 Å². The summed E-state index contributed by atoms with van der Waals surface area (Å²) >= 11 is 1.42. The van der Waals surface area contributed by atoms with Crippen molar-refractivity contribution in [1.82, 2.24) is 9.88 Å². The molecular formula is C17H27F2N3OS. The van der Waals surface area contributed by atoms with E-state index in [4.69, 9.17) is 10.5 Å². The quantitative estimate of drug-likeness (QED) is 0.845. The lowest BCUT2D eigenvalue weighted by atomic mass is 9.84. The van der Waals surface area contributed by atoms with Gasteiger partial charge in [-0.25, -0.2) is 13.8 Å². The number of nitrogens with two attached hydrogens (primary N) is 1.